The van der Waals surface area contributed by atoms with Crippen LogP contribution in [-0.2, 0) is 21.0 Å². The van der Waals surface area contributed by atoms with Crippen LogP contribution in [-0.4, -0.2) is 61.3 Å². The molecule has 2 aromatic rings. The Morgan fingerprint density at radius 1 is 1.18 bits per heavy atom. The van der Waals surface area contributed by atoms with Crippen molar-refractivity contribution in [3.8, 4) is 0 Å². The van der Waals surface area contributed by atoms with Crippen molar-refractivity contribution in [2.75, 3.05) is 31.7 Å². The van der Waals surface area contributed by atoms with Crippen molar-refractivity contribution in [2.24, 2.45) is 5.10 Å². The molecule has 0 spiro atoms. The van der Waals surface area contributed by atoms with Gasteiger partial charge in [0.25, 0.3) is 0 Å². The largest absolute Gasteiger partial charge is 0.416 e. The van der Waals surface area contributed by atoms with Crippen LogP contribution in [0.15, 0.2) is 53.6 Å². The van der Waals surface area contributed by atoms with Crippen LogP contribution in [0.25, 0.3) is 0 Å². The van der Waals surface area contributed by atoms with E-state index in [9.17, 15) is 26.4 Å². The van der Waals surface area contributed by atoms with Gasteiger partial charge >= 0.3 is 6.18 Å². The number of amides is 1. The Morgan fingerprint density at radius 2 is 1.76 bits per heavy atom. The van der Waals surface area contributed by atoms with Crippen molar-refractivity contribution < 1.29 is 26.4 Å². The lowest BCUT2D eigenvalue weighted by Crippen LogP contribution is -2.54. The fraction of sp³-hybridized carbons (Fsp3) is 0.333. The van der Waals surface area contributed by atoms with E-state index >= 15 is 0 Å². The van der Waals surface area contributed by atoms with Gasteiger partial charge in [-0.1, -0.05) is 23.7 Å². The Kier molecular flexibility index (Phi) is 6.79. The molecule has 0 radical (unpaired) electrons. The van der Waals surface area contributed by atoms with Crippen LogP contribution in [0, 0.1) is 0 Å². The fourth-order valence-corrected chi connectivity index (χ4v) is 4.51. The Morgan fingerprint density at radius 3 is 2.27 bits per heavy atom. The standard InChI is InChI=1S/C21H22ClF3N4O3S/c1-20(28(2)33(3,31)32)13-29(27-19(20)14-4-8-16(22)9-5-14)12-18(30)26-17-10-6-15(7-11-17)21(23,24)25/h4-11H,12-13H2,1-3H3,(H,26,30). The fourth-order valence-electron chi connectivity index (χ4n) is 3.51. The number of halogens is 4. The van der Waals surface area contributed by atoms with Crippen LogP contribution in [0.1, 0.15) is 18.1 Å². The number of carbonyl (C=O) groups excluding carboxylic acids is 1. The monoisotopic (exact) mass is 502 g/mol. The van der Waals surface area contributed by atoms with E-state index in [-0.39, 0.29) is 18.8 Å². The minimum absolute atomic E-state index is 0.0922. The predicted octanol–water partition coefficient (Wildman–Crippen LogP) is 3.67. The molecule has 178 valence electrons. The molecule has 0 saturated carbocycles. The van der Waals surface area contributed by atoms with E-state index < -0.39 is 33.2 Å². The van der Waals surface area contributed by atoms with Crippen LogP contribution < -0.4 is 5.32 Å². The van der Waals surface area contributed by atoms with Crippen molar-refractivity contribution in [1.29, 1.82) is 0 Å². The zero-order valence-electron chi connectivity index (χ0n) is 18.0. The minimum Gasteiger partial charge on any atom is -0.324 e. The van der Waals surface area contributed by atoms with Crippen molar-refractivity contribution in [3.63, 3.8) is 0 Å². The number of hydrogen-bond donors (Lipinski definition) is 1. The van der Waals surface area contributed by atoms with Crippen molar-refractivity contribution in [2.45, 2.75) is 18.6 Å². The maximum Gasteiger partial charge on any atom is 0.416 e. The van der Waals surface area contributed by atoms with Crippen molar-refractivity contribution in [1.82, 2.24) is 9.31 Å². The molecular weight excluding hydrogens is 481 g/mol. The molecule has 1 N–H and O–H groups in total. The molecule has 0 aromatic heterocycles. The van der Waals surface area contributed by atoms with E-state index in [0.29, 0.717) is 16.3 Å². The average molecular weight is 503 g/mol. The summed E-state index contributed by atoms with van der Waals surface area (Å²) in [7, 11) is -2.17. The first-order valence-corrected chi connectivity index (χ1v) is 11.9. The van der Waals surface area contributed by atoms with E-state index in [1.807, 2.05) is 0 Å². The molecule has 1 amide bonds. The molecule has 1 atom stereocenters. The third kappa shape index (κ3) is 5.66. The normalized spacial score (nSPS) is 19.0. The number of nitrogens with zero attached hydrogens (tertiary/aromatic N) is 3. The predicted molar refractivity (Wildman–Crippen MR) is 121 cm³/mol. The Balaban J connectivity index is 1.81. The minimum atomic E-state index is -4.47. The number of likely N-dealkylation sites (N-methyl/N-ethyl adjacent to an activating group) is 1. The first kappa shape index (κ1) is 25.0. The van der Waals surface area contributed by atoms with Crippen molar-refractivity contribution in [3.05, 3.63) is 64.7 Å². The quantitative estimate of drug-likeness (QED) is 0.653. The topological polar surface area (TPSA) is 82.1 Å². The zero-order valence-corrected chi connectivity index (χ0v) is 19.6. The van der Waals surface area contributed by atoms with Gasteiger partial charge in [-0.25, -0.2) is 8.42 Å². The van der Waals surface area contributed by atoms with Gasteiger partial charge in [0.05, 0.1) is 29.6 Å². The third-order valence-electron chi connectivity index (χ3n) is 5.37. The van der Waals surface area contributed by atoms with Gasteiger partial charge < -0.3 is 5.32 Å². The van der Waals surface area contributed by atoms with E-state index in [2.05, 4.69) is 10.4 Å². The molecule has 1 aliphatic rings. The molecule has 12 heteroatoms. The lowest BCUT2D eigenvalue weighted by molar-refractivity contribution is -0.137. The second-order valence-corrected chi connectivity index (χ2v) is 10.4. The number of sulfonamides is 1. The number of hydrazone groups is 1. The van der Waals surface area contributed by atoms with Crippen LogP contribution in [0.5, 0.6) is 0 Å². The molecule has 0 aliphatic carbocycles. The third-order valence-corrected chi connectivity index (χ3v) is 7.02. The number of rotatable bonds is 6. The highest BCUT2D eigenvalue weighted by molar-refractivity contribution is 7.88. The van der Waals surface area contributed by atoms with Gasteiger partial charge in [-0.15, -0.1) is 0 Å². The molecule has 0 saturated heterocycles. The zero-order chi connectivity index (χ0) is 24.6. The lowest BCUT2D eigenvalue weighted by atomic mass is 9.91. The molecule has 2 aromatic carbocycles. The van der Waals surface area contributed by atoms with Crippen LogP contribution in [0.4, 0.5) is 18.9 Å². The summed E-state index contributed by atoms with van der Waals surface area (Å²) >= 11 is 5.96. The van der Waals surface area contributed by atoms with E-state index in [1.165, 1.54) is 16.4 Å². The molecule has 1 aliphatic heterocycles. The number of nitrogens with one attached hydrogen (secondary N) is 1. The SMILES string of the molecule is CN(C1(C)CN(CC(=O)Nc2ccc(C(F)(F)F)cc2)N=C1c1ccc(Cl)cc1)S(C)(=O)=O. The molecule has 0 fully saturated rings. The average Bonchev–Trinajstić information content (AvgIpc) is 3.03. The Bertz CT molecular complexity index is 1170. The van der Waals surface area contributed by atoms with Gasteiger partial charge in [0.1, 0.15) is 6.54 Å². The number of carbonyl (C=O) groups is 1. The number of hydrogen-bond acceptors (Lipinski definition) is 5. The van der Waals surface area contributed by atoms with Gasteiger partial charge in [-0.05, 0) is 48.9 Å². The second-order valence-electron chi connectivity index (χ2n) is 7.91. The summed E-state index contributed by atoms with van der Waals surface area (Å²) in [6, 6.07) is 10.8. The summed E-state index contributed by atoms with van der Waals surface area (Å²) in [6.45, 7) is 1.57. The van der Waals surface area contributed by atoms with Crippen molar-refractivity contribution >= 4 is 38.9 Å². The highest BCUT2D eigenvalue weighted by atomic mass is 35.5. The van der Waals surface area contributed by atoms with Gasteiger partial charge in [0.2, 0.25) is 15.9 Å². The van der Waals surface area contributed by atoms with Crippen LogP contribution in [0.3, 0.4) is 0 Å². The van der Waals surface area contributed by atoms with Crippen LogP contribution >= 0.6 is 11.6 Å². The summed E-state index contributed by atoms with van der Waals surface area (Å²) in [4.78, 5) is 12.5. The first-order chi connectivity index (χ1) is 15.2. The molecule has 1 unspecified atom stereocenters. The van der Waals surface area contributed by atoms with Gasteiger partial charge in [-0.3, -0.25) is 9.80 Å². The summed E-state index contributed by atoms with van der Waals surface area (Å²) < 4.78 is 63.9. The number of benzene rings is 2. The molecule has 1 heterocycles. The van der Waals surface area contributed by atoms with Gasteiger partial charge in [0.15, 0.2) is 0 Å². The lowest BCUT2D eigenvalue weighted by Gasteiger charge is -2.34. The first-order valence-electron chi connectivity index (χ1n) is 9.71. The van der Waals surface area contributed by atoms with E-state index in [0.717, 1.165) is 30.5 Å². The molecule has 3 rings (SSSR count). The highest BCUT2D eigenvalue weighted by Crippen LogP contribution is 2.31. The molecule has 0 bridgehead atoms. The van der Waals surface area contributed by atoms with Gasteiger partial charge in [-0.2, -0.15) is 22.6 Å². The van der Waals surface area contributed by atoms with Crippen LogP contribution in [0.2, 0.25) is 5.02 Å². The Hall–Kier alpha value is -2.63. The smallest absolute Gasteiger partial charge is 0.324 e. The van der Waals surface area contributed by atoms with E-state index in [4.69, 9.17) is 11.6 Å². The van der Waals surface area contributed by atoms with Gasteiger partial charge in [0, 0.05) is 17.8 Å². The maximum absolute atomic E-state index is 12.7. The number of alkyl halides is 3. The molecule has 33 heavy (non-hydrogen) atoms. The summed E-state index contributed by atoms with van der Waals surface area (Å²) in [5.74, 6) is -0.514. The Labute approximate surface area is 194 Å². The highest BCUT2D eigenvalue weighted by Gasteiger charge is 2.46. The summed E-state index contributed by atoms with van der Waals surface area (Å²) in [5, 5.41) is 8.95. The number of anilines is 1. The summed E-state index contributed by atoms with van der Waals surface area (Å²) in [6.07, 6.45) is -3.39. The van der Waals surface area contributed by atoms with E-state index in [1.54, 1.807) is 31.2 Å². The summed E-state index contributed by atoms with van der Waals surface area (Å²) in [5.41, 5.74) is -0.616. The molecule has 7 nitrogen and oxygen atoms in total. The molecular formula is C21H22ClF3N4O3S. The second kappa shape index (κ2) is 8.96. The maximum atomic E-state index is 12.7.